The SMILES string of the molecule is Clc1cc2nc3[nH]c4ccccc4c3nc2cc1Cl.c1ccc2nc3c(nc2c1)[nH]c1ccccc13. The van der Waals surface area contributed by atoms with E-state index in [0.29, 0.717) is 10.0 Å². The van der Waals surface area contributed by atoms with Gasteiger partial charge in [0.05, 0.1) is 32.1 Å². The molecule has 4 heterocycles. The number of aromatic amines is 2. The van der Waals surface area contributed by atoms with Gasteiger partial charge in [-0.25, -0.2) is 19.9 Å². The highest BCUT2D eigenvalue weighted by atomic mass is 35.5. The van der Waals surface area contributed by atoms with E-state index in [1.165, 1.54) is 0 Å². The number of H-pyrrole nitrogens is 2. The Bertz CT molecular complexity index is 2090. The summed E-state index contributed by atoms with van der Waals surface area (Å²) < 4.78 is 0. The van der Waals surface area contributed by atoms with Gasteiger partial charge < -0.3 is 9.97 Å². The second-order valence-corrected chi connectivity index (χ2v) is 9.24. The Kier molecular flexibility index (Phi) is 4.77. The van der Waals surface area contributed by atoms with Crippen molar-refractivity contribution in [3.8, 4) is 0 Å². The topological polar surface area (TPSA) is 83.1 Å². The lowest BCUT2D eigenvalue weighted by Crippen LogP contribution is -1.86. The minimum Gasteiger partial charge on any atom is -0.338 e. The van der Waals surface area contributed by atoms with Gasteiger partial charge in [-0.05, 0) is 36.4 Å². The molecule has 0 atom stereocenters. The molecular weight excluding hydrogens is 491 g/mol. The van der Waals surface area contributed by atoms with E-state index < -0.39 is 0 Å². The third-order valence-corrected chi connectivity index (χ3v) is 6.87. The van der Waals surface area contributed by atoms with Crippen LogP contribution in [0.2, 0.25) is 10.0 Å². The van der Waals surface area contributed by atoms with Crippen molar-refractivity contribution in [3.05, 3.63) is 95.0 Å². The lowest BCUT2D eigenvalue weighted by molar-refractivity contribution is 1.36. The summed E-state index contributed by atoms with van der Waals surface area (Å²) in [6, 6.07) is 27.5. The van der Waals surface area contributed by atoms with Gasteiger partial charge >= 0.3 is 0 Å². The zero-order valence-corrected chi connectivity index (χ0v) is 20.1. The molecule has 8 heteroatoms. The average molecular weight is 507 g/mol. The highest BCUT2D eigenvalue weighted by molar-refractivity contribution is 6.42. The number of halogens is 2. The number of hydrogen-bond acceptors (Lipinski definition) is 4. The summed E-state index contributed by atoms with van der Waals surface area (Å²) in [6.45, 7) is 0. The van der Waals surface area contributed by atoms with E-state index >= 15 is 0 Å². The number of fused-ring (bicyclic) bond motifs is 8. The molecule has 0 radical (unpaired) electrons. The second-order valence-electron chi connectivity index (χ2n) is 8.43. The third-order valence-electron chi connectivity index (χ3n) is 6.15. The molecule has 4 aromatic carbocycles. The van der Waals surface area contributed by atoms with Crippen LogP contribution in [0.4, 0.5) is 0 Å². The summed E-state index contributed by atoms with van der Waals surface area (Å²) in [5.41, 5.74) is 8.83. The van der Waals surface area contributed by atoms with E-state index in [2.05, 4.69) is 36.0 Å². The molecule has 4 aromatic heterocycles. The van der Waals surface area contributed by atoms with Crippen LogP contribution in [0.5, 0.6) is 0 Å². The van der Waals surface area contributed by atoms with Crippen molar-refractivity contribution in [1.82, 2.24) is 29.9 Å². The van der Waals surface area contributed by atoms with Crippen molar-refractivity contribution in [2.75, 3.05) is 0 Å². The van der Waals surface area contributed by atoms with Crippen LogP contribution in [0.3, 0.4) is 0 Å². The molecule has 0 fully saturated rings. The summed E-state index contributed by atoms with van der Waals surface area (Å²) in [5.74, 6) is 0. The first kappa shape index (κ1) is 21.1. The summed E-state index contributed by atoms with van der Waals surface area (Å²) in [5, 5.41) is 3.15. The zero-order valence-electron chi connectivity index (χ0n) is 18.6. The molecule has 0 spiro atoms. The second kappa shape index (κ2) is 8.16. The number of hydrogen-bond donors (Lipinski definition) is 2. The molecule has 2 N–H and O–H groups in total. The lowest BCUT2D eigenvalue weighted by Gasteiger charge is -2.00. The van der Waals surface area contributed by atoms with Crippen molar-refractivity contribution >= 4 is 89.4 Å². The van der Waals surface area contributed by atoms with Crippen molar-refractivity contribution in [2.24, 2.45) is 0 Å². The average Bonchev–Trinajstić information content (AvgIpc) is 3.44. The maximum Gasteiger partial charge on any atom is 0.157 e. The lowest BCUT2D eigenvalue weighted by atomic mass is 10.2. The molecule has 0 bridgehead atoms. The summed E-state index contributed by atoms with van der Waals surface area (Å²) in [4.78, 5) is 25.0. The molecule has 36 heavy (non-hydrogen) atoms. The van der Waals surface area contributed by atoms with Gasteiger partial charge in [0, 0.05) is 21.8 Å². The third kappa shape index (κ3) is 3.42. The van der Waals surface area contributed by atoms with E-state index in [0.717, 1.165) is 66.2 Å². The maximum atomic E-state index is 6.02. The molecule has 0 aliphatic carbocycles. The van der Waals surface area contributed by atoms with E-state index in [4.69, 9.17) is 23.2 Å². The van der Waals surface area contributed by atoms with Crippen LogP contribution in [0.25, 0.3) is 66.2 Å². The van der Waals surface area contributed by atoms with Gasteiger partial charge in [0.15, 0.2) is 11.3 Å². The minimum absolute atomic E-state index is 0.485. The summed E-state index contributed by atoms with van der Waals surface area (Å²) >= 11 is 12.0. The van der Waals surface area contributed by atoms with Crippen molar-refractivity contribution in [2.45, 2.75) is 0 Å². The van der Waals surface area contributed by atoms with Crippen molar-refractivity contribution < 1.29 is 0 Å². The Morgan fingerprint density at radius 3 is 1.47 bits per heavy atom. The van der Waals surface area contributed by atoms with Crippen molar-refractivity contribution in [1.29, 1.82) is 0 Å². The minimum atomic E-state index is 0.485. The van der Waals surface area contributed by atoms with Gasteiger partial charge in [-0.2, -0.15) is 0 Å². The van der Waals surface area contributed by atoms with Gasteiger partial charge in [0.25, 0.3) is 0 Å². The molecule has 0 amide bonds. The molecule has 172 valence electrons. The number of nitrogens with zero attached hydrogens (tertiary/aromatic N) is 4. The van der Waals surface area contributed by atoms with Crippen LogP contribution < -0.4 is 0 Å². The Labute approximate surface area is 213 Å². The fraction of sp³-hybridized carbons (Fsp3) is 0. The molecule has 0 aliphatic heterocycles. The largest absolute Gasteiger partial charge is 0.338 e. The molecule has 0 unspecified atom stereocenters. The maximum absolute atomic E-state index is 6.02. The molecular formula is C28H16Cl2N6. The van der Waals surface area contributed by atoms with Crippen LogP contribution in [0.1, 0.15) is 0 Å². The molecule has 8 aromatic rings. The first-order valence-corrected chi connectivity index (χ1v) is 12.1. The Morgan fingerprint density at radius 1 is 0.472 bits per heavy atom. The Balaban J connectivity index is 0.000000123. The predicted molar refractivity (Wildman–Crippen MR) is 148 cm³/mol. The van der Waals surface area contributed by atoms with E-state index in [1.54, 1.807) is 12.1 Å². The van der Waals surface area contributed by atoms with Crippen LogP contribution in [-0.4, -0.2) is 29.9 Å². The predicted octanol–water partition coefficient (Wildman–Crippen LogP) is 7.84. The number of para-hydroxylation sites is 4. The van der Waals surface area contributed by atoms with Crippen LogP contribution in [-0.2, 0) is 0 Å². The fourth-order valence-electron chi connectivity index (χ4n) is 4.45. The fourth-order valence-corrected chi connectivity index (χ4v) is 4.77. The molecule has 0 aliphatic rings. The quantitative estimate of drug-likeness (QED) is 0.219. The highest BCUT2D eigenvalue weighted by Crippen LogP contribution is 2.29. The number of rotatable bonds is 0. The Morgan fingerprint density at radius 2 is 0.889 bits per heavy atom. The van der Waals surface area contributed by atoms with Crippen LogP contribution >= 0.6 is 23.2 Å². The van der Waals surface area contributed by atoms with Gasteiger partial charge in [-0.1, -0.05) is 71.7 Å². The first-order chi connectivity index (χ1) is 17.6. The highest BCUT2D eigenvalue weighted by Gasteiger charge is 2.10. The summed E-state index contributed by atoms with van der Waals surface area (Å²) in [6.07, 6.45) is 0. The standard InChI is InChI=1S/C14H7Cl2N3.C14H9N3/c15-8-5-11-12(6-9(8)16)19-14-13(17-11)7-3-1-2-4-10(7)18-14;1-2-6-10-9(5-1)13-14(16-10)17-12-8-4-3-7-11(12)15-13/h1-6H,(H,18,19);1-8H,(H,16,17). The normalized spacial score (nSPS) is 11.6. The Hall–Kier alpha value is -4.26. The smallest absolute Gasteiger partial charge is 0.157 e. The van der Waals surface area contributed by atoms with Crippen LogP contribution in [0.15, 0.2) is 84.9 Å². The van der Waals surface area contributed by atoms with Crippen LogP contribution in [0, 0.1) is 0 Å². The monoisotopic (exact) mass is 506 g/mol. The first-order valence-electron chi connectivity index (χ1n) is 11.3. The molecule has 0 saturated carbocycles. The molecule has 8 rings (SSSR count). The van der Waals surface area contributed by atoms with Gasteiger partial charge in [-0.15, -0.1) is 0 Å². The van der Waals surface area contributed by atoms with Gasteiger partial charge in [0.1, 0.15) is 11.0 Å². The van der Waals surface area contributed by atoms with E-state index in [1.807, 2.05) is 66.7 Å². The summed E-state index contributed by atoms with van der Waals surface area (Å²) in [7, 11) is 0. The van der Waals surface area contributed by atoms with E-state index in [9.17, 15) is 0 Å². The molecule has 6 nitrogen and oxygen atoms in total. The van der Waals surface area contributed by atoms with Gasteiger partial charge in [-0.3, -0.25) is 0 Å². The zero-order chi connectivity index (χ0) is 24.2. The van der Waals surface area contributed by atoms with E-state index in [-0.39, 0.29) is 0 Å². The number of aromatic nitrogens is 6. The number of nitrogens with one attached hydrogen (secondary N) is 2. The molecule has 0 saturated heterocycles. The van der Waals surface area contributed by atoms with Crippen molar-refractivity contribution in [3.63, 3.8) is 0 Å². The van der Waals surface area contributed by atoms with Gasteiger partial charge in [0.2, 0.25) is 0 Å². The number of benzene rings is 4.